The summed E-state index contributed by atoms with van der Waals surface area (Å²) in [6.07, 6.45) is 4.37. The third kappa shape index (κ3) is 6.50. The van der Waals surface area contributed by atoms with Crippen LogP contribution in [0.1, 0.15) is 35.7 Å². The highest BCUT2D eigenvalue weighted by Crippen LogP contribution is 2.29. The molecule has 1 N–H and O–H groups in total. The number of ketones is 1. The minimum atomic E-state index is -0.157. The molecule has 0 amide bonds. The third-order valence-corrected chi connectivity index (χ3v) is 3.18. The lowest BCUT2D eigenvalue weighted by Gasteiger charge is -2.14. The summed E-state index contributed by atoms with van der Waals surface area (Å²) in [5.41, 5.74) is 1.20. The smallest absolute Gasteiger partial charge is 0.163 e. The molecular weight excluding hydrogens is 302 g/mol. The fourth-order valence-electron chi connectivity index (χ4n) is 2.06. The van der Waals surface area contributed by atoms with Gasteiger partial charge in [-0.3, -0.25) is 4.79 Å². The molecule has 0 bridgehead atoms. The van der Waals surface area contributed by atoms with Crippen molar-refractivity contribution < 1.29 is 14.6 Å². The number of hydrogen-bond donors (Lipinski definition) is 1. The summed E-state index contributed by atoms with van der Waals surface area (Å²) in [6, 6.07) is 3.22. The average molecular weight is 328 g/mol. The number of ether oxygens (including phenoxy) is 1. The molecule has 0 atom stereocenters. The van der Waals surface area contributed by atoms with E-state index in [0.717, 1.165) is 24.9 Å². The van der Waals surface area contributed by atoms with E-state index < -0.39 is 0 Å². The Morgan fingerprint density at radius 2 is 2.05 bits per heavy atom. The highest BCUT2D eigenvalue weighted by atomic mass is 35.5. The molecule has 5 heteroatoms. The Kier molecular flexibility index (Phi) is 9.54. The van der Waals surface area contributed by atoms with Crippen LogP contribution in [0.3, 0.4) is 0 Å². The Morgan fingerprint density at radius 3 is 2.59 bits per heavy atom. The number of unbranched alkanes of at least 4 members (excludes halogenated alkanes) is 1. The van der Waals surface area contributed by atoms with Gasteiger partial charge in [0.2, 0.25) is 0 Å². The SMILES string of the molecule is C=CCc1cc(C(C)=O)c(O)cc1OCCCCN(C)C.Cl. The second-order valence-electron chi connectivity index (χ2n) is 5.38. The number of hydrogen-bond acceptors (Lipinski definition) is 4. The van der Waals surface area contributed by atoms with Gasteiger partial charge in [0, 0.05) is 6.07 Å². The summed E-state index contributed by atoms with van der Waals surface area (Å²) in [7, 11) is 4.09. The molecule has 4 nitrogen and oxygen atoms in total. The van der Waals surface area contributed by atoms with Crippen molar-refractivity contribution in [2.24, 2.45) is 0 Å². The molecule has 1 rings (SSSR count). The lowest BCUT2D eigenvalue weighted by Crippen LogP contribution is -2.13. The predicted octanol–water partition coefficient (Wildman–Crippen LogP) is 3.47. The van der Waals surface area contributed by atoms with Crippen LogP contribution >= 0.6 is 12.4 Å². The third-order valence-electron chi connectivity index (χ3n) is 3.18. The summed E-state index contributed by atoms with van der Waals surface area (Å²) in [5, 5.41) is 9.90. The quantitative estimate of drug-likeness (QED) is 0.428. The Labute approximate surface area is 139 Å². The molecule has 0 saturated carbocycles. The topological polar surface area (TPSA) is 49.8 Å². The minimum Gasteiger partial charge on any atom is -0.507 e. The van der Waals surface area contributed by atoms with Crippen LogP contribution in [0, 0.1) is 0 Å². The second-order valence-corrected chi connectivity index (χ2v) is 5.38. The molecule has 0 aliphatic heterocycles. The summed E-state index contributed by atoms with van der Waals surface area (Å²) in [4.78, 5) is 13.6. The fraction of sp³-hybridized carbons (Fsp3) is 0.471. The van der Waals surface area contributed by atoms with Crippen LogP contribution in [0.15, 0.2) is 24.8 Å². The molecule has 22 heavy (non-hydrogen) atoms. The molecule has 0 aliphatic rings. The maximum atomic E-state index is 11.5. The first-order chi connectivity index (χ1) is 9.95. The predicted molar refractivity (Wildman–Crippen MR) is 92.5 cm³/mol. The van der Waals surface area contributed by atoms with Gasteiger partial charge < -0.3 is 14.7 Å². The maximum Gasteiger partial charge on any atom is 0.163 e. The van der Waals surface area contributed by atoms with E-state index in [4.69, 9.17) is 4.74 Å². The zero-order valence-corrected chi connectivity index (χ0v) is 14.4. The first kappa shape index (κ1) is 20.5. The standard InChI is InChI=1S/C17H25NO3.ClH/c1-5-8-14-11-15(13(2)19)16(20)12-17(14)21-10-7-6-9-18(3)4;/h5,11-12,20H,1,6-10H2,2-4H3;1H. The van der Waals surface area contributed by atoms with E-state index in [-0.39, 0.29) is 23.9 Å². The van der Waals surface area contributed by atoms with Crippen LogP contribution in [0.25, 0.3) is 0 Å². The average Bonchev–Trinajstić information content (AvgIpc) is 2.40. The van der Waals surface area contributed by atoms with Gasteiger partial charge in [-0.1, -0.05) is 6.08 Å². The van der Waals surface area contributed by atoms with Crippen molar-refractivity contribution in [2.45, 2.75) is 26.2 Å². The zero-order valence-electron chi connectivity index (χ0n) is 13.6. The summed E-state index contributed by atoms with van der Waals surface area (Å²) in [5.74, 6) is 0.441. The van der Waals surface area contributed by atoms with Crippen molar-refractivity contribution in [1.82, 2.24) is 4.90 Å². The molecule has 0 aromatic heterocycles. The highest BCUT2D eigenvalue weighted by Gasteiger charge is 2.12. The van der Waals surface area contributed by atoms with Crippen molar-refractivity contribution in [3.63, 3.8) is 0 Å². The van der Waals surface area contributed by atoms with Crippen LogP contribution in [-0.2, 0) is 6.42 Å². The van der Waals surface area contributed by atoms with E-state index >= 15 is 0 Å². The molecule has 124 valence electrons. The van der Waals surface area contributed by atoms with Crippen molar-refractivity contribution in [3.05, 3.63) is 35.9 Å². The lowest BCUT2D eigenvalue weighted by atomic mass is 10.0. The van der Waals surface area contributed by atoms with Crippen LogP contribution in [-0.4, -0.2) is 43.0 Å². The second kappa shape index (κ2) is 10.2. The van der Waals surface area contributed by atoms with Crippen molar-refractivity contribution in [3.8, 4) is 11.5 Å². The summed E-state index contributed by atoms with van der Waals surface area (Å²) < 4.78 is 5.75. The van der Waals surface area contributed by atoms with Crippen molar-refractivity contribution in [1.29, 1.82) is 0 Å². The summed E-state index contributed by atoms with van der Waals surface area (Å²) in [6.45, 7) is 6.77. The molecule has 0 aliphatic carbocycles. The Bertz CT molecular complexity index is 501. The lowest BCUT2D eigenvalue weighted by molar-refractivity contribution is 0.101. The minimum absolute atomic E-state index is 0. The van der Waals surface area contributed by atoms with Gasteiger partial charge in [0.05, 0.1) is 12.2 Å². The Hall–Kier alpha value is -1.52. The van der Waals surface area contributed by atoms with Gasteiger partial charge in [-0.05, 0) is 58.5 Å². The number of halogens is 1. The van der Waals surface area contributed by atoms with Gasteiger partial charge in [-0.25, -0.2) is 0 Å². The molecule has 0 spiro atoms. The van der Waals surface area contributed by atoms with Gasteiger partial charge in [-0.2, -0.15) is 0 Å². The van der Waals surface area contributed by atoms with Gasteiger partial charge in [0.25, 0.3) is 0 Å². The molecular formula is C17H26ClNO3. The Morgan fingerprint density at radius 1 is 1.36 bits per heavy atom. The zero-order chi connectivity index (χ0) is 15.8. The molecule has 0 heterocycles. The highest BCUT2D eigenvalue weighted by molar-refractivity contribution is 5.97. The Balaban J connectivity index is 0.00000441. The first-order valence-electron chi connectivity index (χ1n) is 7.21. The van der Waals surface area contributed by atoms with Crippen LogP contribution < -0.4 is 4.74 Å². The largest absolute Gasteiger partial charge is 0.507 e. The number of benzene rings is 1. The monoisotopic (exact) mass is 327 g/mol. The number of Topliss-reactive ketones (excluding diaryl/α,β-unsaturated/α-hetero) is 1. The number of rotatable bonds is 9. The van der Waals surface area contributed by atoms with Crippen molar-refractivity contribution >= 4 is 18.2 Å². The van der Waals surface area contributed by atoms with Gasteiger partial charge >= 0.3 is 0 Å². The van der Waals surface area contributed by atoms with E-state index in [1.54, 1.807) is 12.1 Å². The fourth-order valence-corrected chi connectivity index (χ4v) is 2.06. The van der Waals surface area contributed by atoms with Crippen LogP contribution in [0.2, 0.25) is 0 Å². The van der Waals surface area contributed by atoms with E-state index in [2.05, 4.69) is 11.5 Å². The van der Waals surface area contributed by atoms with Crippen molar-refractivity contribution in [2.75, 3.05) is 27.2 Å². The van der Waals surface area contributed by atoms with Gasteiger partial charge in [0.1, 0.15) is 11.5 Å². The maximum absolute atomic E-state index is 11.5. The number of phenols is 1. The molecule has 1 aromatic rings. The normalized spacial score (nSPS) is 10.2. The molecule has 0 unspecified atom stereocenters. The molecule has 0 saturated heterocycles. The van der Waals surface area contributed by atoms with Gasteiger partial charge in [0.15, 0.2) is 5.78 Å². The number of aromatic hydroxyl groups is 1. The van der Waals surface area contributed by atoms with E-state index in [1.165, 1.54) is 13.0 Å². The van der Waals surface area contributed by atoms with E-state index in [1.807, 2.05) is 14.1 Å². The number of phenolic OH excluding ortho intramolecular Hbond substituents is 1. The first-order valence-corrected chi connectivity index (χ1v) is 7.21. The molecule has 0 radical (unpaired) electrons. The number of carbonyl (C=O) groups excluding carboxylic acids is 1. The molecule has 1 aromatic carbocycles. The van der Waals surface area contributed by atoms with Crippen LogP contribution in [0.4, 0.5) is 0 Å². The number of carbonyl (C=O) groups is 1. The number of nitrogens with zero attached hydrogens (tertiary/aromatic N) is 1. The van der Waals surface area contributed by atoms with Crippen LogP contribution in [0.5, 0.6) is 11.5 Å². The van der Waals surface area contributed by atoms with E-state index in [0.29, 0.717) is 24.3 Å². The summed E-state index contributed by atoms with van der Waals surface area (Å²) >= 11 is 0. The number of allylic oxidation sites excluding steroid dienone is 1. The molecule has 0 fully saturated rings. The van der Waals surface area contributed by atoms with E-state index in [9.17, 15) is 9.90 Å². The van der Waals surface area contributed by atoms with Gasteiger partial charge in [-0.15, -0.1) is 19.0 Å².